The Hall–Kier alpha value is -0.260. The van der Waals surface area contributed by atoms with Gasteiger partial charge < -0.3 is 0 Å². The van der Waals surface area contributed by atoms with Crippen LogP contribution in [0, 0.1) is 5.92 Å². The fourth-order valence-electron chi connectivity index (χ4n) is 1.62. The molecular weight excluding hydrogens is 120 g/mol. The van der Waals surface area contributed by atoms with Crippen molar-refractivity contribution in [1.82, 2.24) is 0 Å². The predicted molar refractivity (Wildman–Crippen MR) is 46.0 cm³/mol. The fraction of sp³-hybridized carbons (Fsp3) is 0.800. The Balaban J connectivity index is 2.29. The smallest absolute Gasteiger partial charge is 0.0294 e. The molecule has 0 unspecified atom stereocenters. The van der Waals surface area contributed by atoms with Crippen molar-refractivity contribution in [2.75, 3.05) is 0 Å². The van der Waals surface area contributed by atoms with Crippen LogP contribution < -0.4 is 0 Å². The molecule has 0 nitrogen and oxygen atoms in total. The highest BCUT2D eigenvalue weighted by Crippen LogP contribution is 2.29. The lowest BCUT2D eigenvalue weighted by molar-refractivity contribution is 0.620. The third-order valence-electron chi connectivity index (χ3n) is 2.29. The highest BCUT2D eigenvalue weighted by Gasteiger charge is 2.13. The van der Waals surface area contributed by atoms with Crippen LogP contribution in [0.4, 0.5) is 0 Å². The first-order valence-electron chi connectivity index (χ1n) is 4.50. The molecule has 1 aliphatic rings. The Morgan fingerprint density at radius 2 is 2.40 bits per heavy atom. The molecule has 10 heavy (non-hydrogen) atoms. The molecule has 0 bridgehead atoms. The van der Waals surface area contributed by atoms with E-state index in [1.807, 2.05) is 0 Å². The van der Waals surface area contributed by atoms with Crippen LogP contribution in [0.1, 0.15) is 46.0 Å². The summed E-state index contributed by atoms with van der Waals surface area (Å²) in [5, 5.41) is 0. The van der Waals surface area contributed by atoms with E-state index in [-0.39, 0.29) is 0 Å². The van der Waals surface area contributed by atoms with E-state index in [1.165, 1.54) is 32.1 Å². The molecule has 0 spiro atoms. The molecule has 1 saturated carbocycles. The van der Waals surface area contributed by atoms with Crippen molar-refractivity contribution in [3.8, 4) is 0 Å². The molecule has 0 heteroatoms. The van der Waals surface area contributed by atoms with E-state index in [1.54, 1.807) is 5.57 Å². The van der Waals surface area contributed by atoms with Crippen LogP contribution in [0.2, 0.25) is 0 Å². The molecule has 0 aliphatic heterocycles. The molecule has 1 aliphatic carbocycles. The molecule has 1 atom stereocenters. The van der Waals surface area contributed by atoms with Crippen LogP contribution in [0.5, 0.6) is 0 Å². The van der Waals surface area contributed by atoms with Crippen LogP contribution >= 0.6 is 0 Å². The zero-order valence-electron chi connectivity index (χ0n) is 7.19. The third kappa shape index (κ3) is 2.17. The first-order valence-corrected chi connectivity index (χ1v) is 4.50. The van der Waals surface area contributed by atoms with Crippen molar-refractivity contribution in [2.45, 2.75) is 46.0 Å². The summed E-state index contributed by atoms with van der Waals surface area (Å²) in [4.78, 5) is 0. The van der Waals surface area contributed by atoms with Crippen molar-refractivity contribution in [1.29, 1.82) is 0 Å². The lowest BCUT2D eigenvalue weighted by Gasteiger charge is -1.95. The highest BCUT2D eigenvalue weighted by atomic mass is 14.2. The number of rotatable bonds is 2. The quantitative estimate of drug-likeness (QED) is 0.512. The minimum Gasteiger partial charge on any atom is -0.0853 e. The molecule has 58 valence electrons. The van der Waals surface area contributed by atoms with Crippen molar-refractivity contribution in [2.24, 2.45) is 5.92 Å². The van der Waals surface area contributed by atoms with Crippen LogP contribution in [-0.4, -0.2) is 0 Å². The lowest BCUT2D eigenvalue weighted by Crippen LogP contribution is -1.80. The minimum atomic E-state index is 0.961. The largest absolute Gasteiger partial charge is 0.0853 e. The molecule has 0 radical (unpaired) electrons. The Morgan fingerprint density at radius 1 is 1.60 bits per heavy atom. The van der Waals surface area contributed by atoms with Gasteiger partial charge in [-0.1, -0.05) is 31.9 Å². The van der Waals surface area contributed by atoms with Gasteiger partial charge in [0.15, 0.2) is 0 Å². The SMILES string of the molecule is CCC/C=C1/CC[C@@H](C)C1. The Bertz CT molecular complexity index is 122. The summed E-state index contributed by atoms with van der Waals surface area (Å²) < 4.78 is 0. The van der Waals surface area contributed by atoms with Gasteiger partial charge in [-0.15, -0.1) is 0 Å². The Morgan fingerprint density at radius 3 is 2.90 bits per heavy atom. The van der Waals surface area contributed by atoms with E-state index in [4.69, 9.17) is 0 Å². The number of unbranched alkanes of at least 4 members (excludes halogenated alkanes) is 1. The van der Waals surface area contributed by atoms with Crippen molar-refractivity contribution in [3.05, 3.63) is 11.6 Å². The van der Waals surface area contributed by atoms with Crippen LogP contribution in [0.15, 0.2) is 11.6 Å². The summed E-state index contributed by atoms with van der Waals surface area (Å²) >= 11 is 0. The number of allylic oxidation sites excluding steroid dienone is 2. The average Bonchev–Trinajstić information content (AvgIpc) is 2.31. The summed E-state index contributed by atoms with van der Waals surface area (Å²) in [6.45, 7) is 4.60. The summed E-state index contributed by atoms with van der Waals surface area (Å²) in [7, 11) is 0. The molecule has 0 aromatic carbocycles. The molecule has 0 heterocycles. The summed E-state index contributed by atoms with van der Waals surface area (Å²) in [5.41, 5.74) is 1.72. The van der Waals surface area contributed by atoms with Crippen LogP contribution in [0.3, 0.4) is 0 Å². The number of hydrogen-bond donors (Lipinski definition) is 0. The van der Waals surface area contributed by atoms with Gasteiger partial charge >= 0.3 is 0 Å². The second-order valence-corrected chi connectivity index (χ2v) is 3.50. The van der Waals surface area contributed by atoms with Gasteiger partial charge in [0.25, 0.3) is 0 Å². The maximum atomic E-state index is 2.45. The van der Waals surface area contributed by atoms with E-state index >= 15 is 0 Å². The monoisotopic (exact) mass is 138 g/mol. The van der Waals surface area contributed by atoms with Gasteiger partial charge in [-0.3, -0.25) is 0 Å². The van der Waals surface area contributed by atoms with Gasteiger partial charge in [0.2, 0.25) is 0 Å². The van der Waals surface area contributed by atoms with Gasteiger partial charge in [-0.25, -0.2) is 0 Å². The molecule has 1 fully saturated rings. The summed E-state index contributed by atoms with van der Waals surface area (Å²) in [6, 6.07) is 0. The first kappa shape index (κ1) is 7.84. The van der Waals surface area contributed by atoms with E-state index < -0.39 is 0 Å². The van der Waals surface area contributed by atoms with Gasteiger partial charge in [-0.05, 0) is 31.6 Å². The molecule has 1 rings (SSSR count). The topological polar surface area (TPSA) is 0 Å². The van der Waals surface area contributed by atoms with Crippen molar-refractivity contribution in [3.63, 3.8) is 0 Å². The predicted octanol–water partition coefficient (Wildman–Crippen LogP) is 3.53. The maximum Gasteiger partial charge on any atom is -0.0294 e. The molecule has 0 amide bonds. The average molecular weight is 138 g/mol. The van der Waals surface area contributed by atoms with Gasteiger partial charge in [0, 0.05) is 0 Å². The van der Waals surface area contributed by atoms with Gasteiger partial charge in [0.05, 0.1) is 0 Å². The molecule has 0 aromatic rings. The normalized spacial score (nSPS) is 29.8. The minimum absolute atomic E-state index is 0.961. The first-order chi connectivity index (χ1) is 4.83. The van der Waals surface area contributed by atoms with E-state index in [0.717, 1.165) is 5.92 Å². The second-order valence-electron chi connectivity index (χ2n) is 3.50. The van der Waals surface area contributed by atoms with Crippen molar-refractivity contribution >= 4 is 0 Å². The zero-order valence-corrected chi connectivity index (χ0v) is 7.19. The fourth-order valence-corrected chi connectivity index (χ4v) is 1.62. The van der Waals surface area contributed by atoms with Crippen molar-refractivity contribution < 1.29 is 0 Å². The van der Waals surface area contributed by atoms with Gasteiger partial charge in [-0.2, -0.15) is 0 Å². The van der Waals surface area contributed by atoms with Crippen LogP contribution in [0.25, 0.3) is 0 Å². The third-order valence-corrected chi connectivity index (χ3v) is 2.29. The standard InChI is InChI=1S/C10H18/c1-3-4-5-10-7-6-9(2)8-10/h5,9H,3-4,6-8H2,1-2H3/b10-5-/t9-/m1/s1. The highest BCUT2D eigenvalue weighted by molar-refractivity contribution is 5.07. The van der Waals surface area contributed by atoms with E-state index in [0.29, 0.717) is 0 Å². The van der Waals surface area contributed by atoms with Gasteiger partial charge in [0.1, 0.15) is 0 Å². The molecule has 0 N–H and O–H groups in total. The second kappa shape index (κ2) is 3.80. The Kier molecular flexibility index (Phi) is 2.98. The summed E-state index contributed by atoms with van der Waals surface area (Å²) in [5.74, 6) is 0.961. The zero-order chi connectivity index (χ0) is 7.40. The number of hydrogen-bond acceptors (Lipinski definition) is 0. The molecular formula is C10H18. The van der Waals surface area contributed by atoms with Crippen LogP contribution in [-0.2, 0) is 0 Å². The lowest BCUT2D eigenvalue weighted by atomic mass is 10.1. The maximum absolute atomic E-state index is 2.45. The van der Waals surface area contributed by atoms with E-state index in [9.17, 15) is 0 Å². The Labute approximate surface area is 64.3 Å². The summed E-state index contributed by atoms with van der Waals surface area (Å²) in [6.07, 6.45) is 9.22. The van der Waals surface area contributed by atoms with E-state index in [2.05, 4.69) is 19.9 Å². The molecule has 0 aromatic heterocycles. The molecule has 0 saturated heterocycles.